The zero-order chi connectivity index (χ0) is 20.7. The zero-order valence-corrected chi connectivity index (χ0v) is 14.8. The van der Waals surface area contributed by atoms with Crippen molar-refractivity contribution >= 4 is 5.96 Å². The molecule has 0 radical (unpaired) electrons. The number of alkyl halides is 6. The lowest BCUT2D eigenvalue weighted by atomic mass is 10.1. The molecule has 0 aliphatic heterocycles. The minimum absolute atomic E-state index is 0.0499. The second-order valence-corrected chi connectivity index (χ2v) is 5.77. The summed E-state index contributed by atoms with van der Waals surface area (Å²) in [6.07, 6.45) is -9.04. The SMILES string of the molecule is CCNC(=NCc1ccc(F)cc1C(F)(F)F)NCCN(C)CC(F)(F)F. The number of guanidine groups is 1. The van der Waals surface area contributed by atoms with E-state index in [1.807, 2.05) is 0 Å². The summed E-state index contributed by atoms with van der Waals surface area (Å²) in [5, 5.41) is 5.54. The molecule has 0 saturated heterocycles. The van der Waals surface area contributed by atoms with Crippen LogP contribution in [0.3, 0.4) is 0 Å². The van der Waals surface area contributed by atoms with Gasteiger partial charge in [-0.1, -0.05) is 6.07 Å². The van der Waals surface area contributed by atoms with Crippen LogP contribution in [0, 0.1) is 5.82 Å². The Bertz CT molecular complexity index is 626. The van der Waals surface area contributed by atoms with Crippen molar-refractivity contribution in [2.45, 2.75) is 25.8 Å². The second-order valence-electron chi connectivity index (χ2n) is 5.77. The minimum atomic E-state index is -4.72. The number of nitrogens with one attached hydrogen (secondary N) is 2. The van der Waals surface area contributed by atoms with Gasteiger partial charge in [0.2, 0.25) is 0 Å². The first-order valence-corrected chi connectivity index (χ1v) is 8.05. The molecule has 154 valence electrons. The molecule has 1 aromatic rings. The van der Waals surface area contributed by atoms with E-state index < -0.39 is 30.3 Å². The van der Waals surface area contributed by atoms with Crippen molar-refractivity contribution in [1.29, 1.82) is 0 Å². The standard InChI is InChI=1S/C16H21F7N4/c1-3-24-14(25-6-7-27(2)10-15(18,19)20)26-9-11-4-5-12(17)8-13(11)16(21,22)23/h4-5,8H,3,6-7,9-10H2,1-2H3,(H2,24,25,26). The summed E-state index contributed by atoms with van der Waals surface area (Å²) in [5.74, 6) is -0.858. The van der Waals surface area contributed by atoms with Crippen molar-refractivity contribution in [2.24, 2.45) is 4.99 Å². The molecule has 0 spiro atoms. The van der Waals surface area contributed by atoms with E-state index in [9.17, 15) is 30.7 Å². The lowest BCUT2D eigenvalue weighted by molar-refractivity contribution is -0.142. The molecule has 0 amide bonds. The fourth-order valence-corrected chi connectivity index (χ4v) is 2.21. The predicted octanol–water partition coefficient (Wildman–Crippen LogP) is 3.39. The van der Waals surface area contributed by atoms with Crippen molar-refractivity contribution in [1.82, 2.24) is 15.5 Å². The van der Waals surface area contributed by atoms with Crippen LogP contribution in [0.5, 0.6) is 0 Å². The predicted molar refractivity (Wildman–Crippen MR) is 87.8 cm³/mol. The molecule has 2 N–H and O–H groups in total. The molecule has 0 aromatic heterocycles. The van der Waals surface area contributed by atoms with Crippen LogP contribution >= 0.6 is 0 Å². The Kier molecular flexibility index (Phi) is 8.32. The van der Waals surface area contributed by atoms with Crippen LogP contribution < -0.4 is 10.6 Å². The van der Waals surface area contributed by atoms with Crippen LogP contribution in [-0.2, 0) is 12.7 Å². The molecule has 1 rings (SSSR count). The molecule has 0 atom stereocenters. The molecule has 0 heterocycles. The Morgan fingerprint density at radius 1 is 1.11 bits per heavy atom. The molecular weight excluding hydrogens is 381 g/mol. The highest BCUT2D eigenvalue weighted by Crippen LogP contribution is 2.32. The van der Waals surface area contributed by atoms with Gasteiger partial charge in [0.1, 0.15) is 5.82 Å². The van der Waals surface area contributed by atoms with Gasteiger partial charge < -0.3 is 10.6 Å². The molecule has 27 heavy (non-hydrogen) atoms. The lowest BCUT2D eigenvalue weighted by Gasteiger charge is -2.19. The van der Waals surface area contributed by atoms with Crippen molar-refractivity contribution in [2.75, 3.05) is 33.2 Å². The van der Waals surface area contributed by atoms with E-state index in [1.54, 1.807) is 6.92 Å². The van der Waals surface area contributed by atoms with Gasteiger partial charge >= 0.3 is 12.4 Å². The van der Waals surface area contributed by atoms with E-state index in [4.69, 9.17) is 0 Å². The average Bonchev–Trinajstić information content (AvgIpc) is 2.50. The molecule has 0 unspecified atom stereocenters. The monoisotopic (exact) mass is 402 g/mol. The largest absolute Gasteiger partial charge is 0.416 e. The number of hydrogen-bond donors (Lipinski definition) is 2. The van der Waals surface area contributed by atoms with E-state index in [1.165, 1.54) is 7.05 Å². The highest BCUT2D eigenvalue weighted by molar-refractivity contribution is 5.79. The van der Waals surface area contributed by atoms with Gasteiger partial charge in [-0.3, -0.25) is 4.90 Å². The normalized spacial score (nSPS) is 13.2. The summed E-state index contributed by atoms with van der Waals surface area (Å²) in [6.45, 7) is 0.837. The first kappa shape index (κ1) is 23.0. The molecule has 0 aliphatic rings. The molecule has 1 aromatic carbocycles. The third-order valence-electron chi connectivity index (χ3n) is 3.36. The van der Waals surface area contributed by atoms with Gasteiger partial charge in [-0.05, 0) is 31.7 Å². The Morgan fingerprint density at radius 3 is 2.33 bits per heavy atom. The second kappa shape index (κ2) is 9.77. The van der Waals surface area contributed by atoms with E-state index in [0.717, 1.165) is 17.0 Å². The smallest absolute Gasteiger partial charge is 0.357 e. The van der Waals surface area contributed by atoms with Crippen LogP contribution in [0.25, 0.3) is 0 Å². The van der Waals surface area contributed by atoms with Gasteiger partial charge in [-0.25, -0.2) is 9.38 Å². The Hall–Kier alpha value is -2.04. The number of hydrogen-bond acceptors (Lipinski definition) is 2. The maximum atomic E-state index is 13.1. The first-order chi connectivity index (χ1) is 12.4. The molecule has 0 aliphatic carbocycles. The Morgan fingerprint density at radius 2 is 1.78 bits per heavy atom. The summed E-state index contributed by atoms with van der Waals surface area (Å²) in [7, 11) is 1.30. The highest BCUT2D eigenvalue weighted by atomic mass is 19.4. The quantitative estimate of drug-likeness (QED) is 0.417. The number of aliphatic imine (C=N–C) groups is 1. The minimum Gasteiger partial charge on any atom is -0.357 e. The van der Waals surface area contributed by atoms with Crippen LogP contribution in [0.2, 0.25) is 0 Å². The number of rotatable bonds is 7. The van der Waals surface area contributed by atoms with Crippen molar-refractivity contribution in [3.8, 4) is 0 Å². The van der Waals surface area contributed by atoms with Gasteiger partial charge in [0.25, 0.3) is 0 Å². The Labute approximate surface area is 152 Å². The highest BCUT2D eigenvalue weighted by Gasteiger charge is 2.33. The summed E-state index contributed by atoms with van der Waals surface area (Å²) in [5.41, 5.74) is -1.33. The van der Waals surface area contributed by atoms with Crippen LogP contribution in [0.15, 0.2) is 23.2 Å². The molecule has 0 bridgehead atoms. The van der Waals surface area contributed by atoms with Gasteiger partial charge in [0.05, 0.1) is 18.7 Å². The summed E-state index contributed by atoms with van der Waals surface area (Å²) < 4.78 is 88.9. The van der Waals surface area contributed by atoms with Crippen LogP contribution in [-0.4, -0.2) is 50.3 Å². The topological polar surface area (TPSA) is 39.7 Å². The number of likely N-dealkylation sites (N-methyl/N-ethyl adjacent to an activating group) is 1. The van der Waals surface area contributed by atoms with Gasteiger partial charge in [0, 0.05) is 19.6 Å². The zero-order valence-electron chi connectivity index (χ0n) is 14.8. The average molecular weight is 402 g/mol. The summed E-state index contributed by atoms with van der Waals surface area (Å²) >= 11 is 0. The maximum absolute atomic E-state index is 13.1. The van der Waals surface area contributed by atoms with E-state index in [0.29, 0.717) is 12.6 Å². The number of halogens is 7. The van der Waals surface area contributed by atoms with Crippen molar-refractivity contribution in [3.63, 3.8) is 0 Å². The molecular formula is C16H21F7N4. The van der Waals surface area contributed by atoms with E-state index >= 15 is 0 Å². The van der Waals surface area contributed by atoms with E-state index in [2.05, 4.69) is 15.6 Å². The molecule has 0 saturated carbocycles. The number of benzene rings is 1. The fraction of sp³-hybridized carbons (Fsp3) is 0.562. The summed E-state index contributed by atoms with van der Waals surface area (Å²) in [6, 6.07) is 2.31. The van der Waals surface area contributed by atoms with Gasteiger partial charge in [0.15, 0.2) is 5.96 Å². The van der Waals surface area contributed by atoms with Crippen molar-refractivity contribution in [3.05, 3.63) is 35.1 Å². The number of nitrogens with zero attached hydrogens (tertiary/aromatic N) is 2. The van der Waals surface area contributed by atoms with E-state index in [-0.39, 0.29) is 31.2 Å². The van der Waals surface area contributed by atoms with Gasteiger partial charge in [-0.2, -0.15) is 26.3 Å². The molecule has 11 heteroatoms. The van der Waals surface area contributed by atoms with Crippen LogP contribution in [0.4, 0.5) is 30.7 Å². The molecule has 4 nitrogen and oxygen atoms in total. The van der Waals surface area contributed by atoms with Crippen molar-refractivity contribution < 1.29 is 30.7 Å². The lowest BCUT2D eigenvalue weighted by Crippen LogP contribution is -2.42. The third kappa shape index (κ3) is 8.94. The Balaban J connectivity index is 2.75. The maximum Gasteiger partial charge on any atom is 0.416 e. The molecule has 0 fully saturated rings. The first-order valence-electron chi connectivity index (χ1n) is 8.05. The summed E-state index contributed by atoms with van der Waals surface area (Å²) in [4.78, 5) is 5.04. The third-order valence-corrected chi connectivity index (χ3v) is 3.36. The van der Waals surface area contributed by atoms with Crippen LogP contribution in [0.1, 0.15) is 18.1 Å². The fourth-order valence-electron chi connectivity index (χ4n) is 2.21. The van der Waals surface area contributed by atoms with Gasteiger partial charge in [-0.15, -0.1) is 0 Å².